The Kier molecular flexibility index (Phi) is 1.79. The molecule has 0 unspecified atom stereocenters. The zero-order chi connectivity index (χ0) is 11.0. The number of nitrogen functional groups attached to an aromatic ring is 1. The minimum absolute atomic E-state index is 0.212. The predicted molar refractivity (Wildman–Crippen MR) is 58.4 cm³/mol. The summed E-state index contributed by atoms with van der Waals surface area (Å²) in [6.45, 7) is 0. The highest BCUT2D eigenvalue weighted by Gasteiger charge is 2.07. The van der Waals surface area contributed by atoms with Gasteiger partial charge in [0, 0.05) is 24.2 Å². The minimum Gasteiger partial charge on any atom is -0.366 e. The molecule has 16 heavy (non-hydrogen) atoms. The Bertz CT molecular complexity index is 630. The SMILES string of the molecule is Nc1nc2nccc(-c3cccnc3)n2n1. The van der Waals surface area contributed by atoms with E-state index < -0.39 is 0 Å². The Balaban J connectivity index is 2.31. The Morgan fingerprint density at radius 1 is 1.19 bits per heavy atom. The van der Waals surface area contributed by atoms with Gasteiger partial charge < -0.3 is 5.73 Å². The lowest BCUT2D eigenvalue weighted by Gasteiger charge is -2.01. The predicted octanol–water partition coefficient (Wildman–Crippen LogP) is 0.768. The molecule has 3 aromatic rings. The van der Waals surface area contributed by atoms with Crippen LogP contribution in [0.3, 0.4) is 0 Å². The van der Waals surface area contributed by atoms with E-state index in [-0.39, 0.29) is 5.95 Å². The van der Waals surface area contributed by atoms with Gasteiger partial charge in [0.15, 0.2) is 0 Å². The molecule has 0 spiro atoms. The average molecular weight is 212 g/mol. The first-order valence-corrected chi connectivity index (χ1v) is 4.72. The van der Waals surface area contributed by atoms with E-state index in [9.17, 15) is 0 Å². The van der Waals surface area contributed by atoms with Gasteiger partial charge in [-0.05, 0) is 18.2 Å². The quantitative estimate of drug-likeness (QED) is 0.644. The average Bonchev–Trinajstić information content (AvgIpc) is 2.70. The van der Waals surface area contributed by atoms with Crippen LogP contribution in [0.5, 0.6) is 0 Å². The van der Waals surface area contributed by atoms with Crippen LogP contribution in [0.1, 0.15) is 0 Å². The van der Waals surface area contributed by atoms with Gasteiger partial charge >= 0.3 is 0 Å². The van der Waals surface area contributed by atoms with Crippen LogP contribution in [-0.2, 0) is 0 Å². The van der Waals surface area contributed by atoms with Crippen LogP contribution in [0.4, 0.5) is 5.95 Å². The van der Waals surface area contributed by atoms with Crippen molar-refractivity contribution in [3.8, 4) is 11.3 Å². The normalized spacial score (nSPS) is 10.8. The van der Waals surface area contributed by atoms with Gasteiger partial charge in [-0.3, -0.25) is 4.98 Å². The van der Waals surface area contributed by atoms with Crippen LogP contribution in [0.25, 0.3) is 17.0 Å². The van der Waals surface area contributed by atoms with Crippen LogP contribution in [-0.4, -0.2) is 24.6 Å². The van der Waals surface area contributed by atoms with Gasteiger partial charge in [0.1, 0.15) is 0 Å². The van der Waals surface area contributed by atoms with E-state index in [1.807, 2.05) is 18.2 Å². The number of fused-ring (bicyclic) bond motifs is 1. The molecule has 6 heteroatoms. The third-order valence-corrected chi connectivity index (χ3v) is 2.21. The fourth-order valence-electron chi connectivity index (χ4n) is 1.54. The molecule has 0 radical (unpaired) electrons. The molecule has 0 aromatic carbocycles. The maximum absolute atomic E-state index is 5.54. The van der Waals surface area contributed by atoms with Crippen molar-refractivity contribution < 1.29 is 0 Å². The van der Waals surface area contributed by atoms with Gasteiger partial charge in [-0.1, -0.05) is 0 Å². The summed E-state index contributed by atoms with van der Waals surface area (Å²) in [7, 11) is 0. The van der Waals surface area contributed by atoms with Crippen LogP contribution in [0.15, 0.2) is 36.8 Å². The molecule has 0 aliphatic rings. The van der Waals surface area contributed by atoms with Gasteiger partial charge in [0.2, 0.25) is 5.95 Å². The summed E-state index contributed by atoms with van der Waals surface area (Å²) in [4.78, 5) is 12.1. The van der Waals surface area contributed by atoms with Crippen molar-refractivity contribution in [1.82, 2.24) is 24.6 Å². The lowest BCUT2D eigenvalue weighted by atomic mass is 10.2. The zero-order valence-corrected chi connectivity index (χ0v) is 8.28. The number of hydrogen-bond donors (Lipinski definition) is 1. The summed E-state index contributed by atoms with van der Waals surface area (Å²) < 4.78 is 1.60. The Morgan fingerprint density at radius 3 is 2.94 bits per heavy atom. The third-order valence-electron chi connectivity index (χ3n) is 2.21. The highest BCUT2D eigenvalue weighted by Crippen LogP contribution is 2.17. The molecular formula is C10H8N6. The molecule has 0 saturated heterocycles. The summed E-state index contributed by atoms with van der Waals surface area (Å²) in [6.07, 6.45) is 5.15. The van der Waals surface area contributed by atoms with Crippen LogP contribution < -0.4 is 5.73 Å². The second kappa shape index (κ2) is 3.27. The van der Waals surface area contributed by atoms with Crippen LogP contribution in [0.2, 0.25) is 0 Å². The van der Waals surface area contributed by atoms with Crippen LogP contribution in [0, 0.1) is 0 Å². The second-order valence-corrected chi connectivity index (χ2v) is 3.25. The first-order valence-electron chi connectivity index (χ1n) is 4.72. The lowest BCUT2D eigenvalue weighted by molar-refractivity contribution is 0.951. The molecule has 3 heterocycles. The van der Waals surface area contributed by atoms with Crippen molar-refractivity contribution in [2.45, 2.75) is 0 Å². The molecule has 0 aliphatic carbocycles. The summed E-state index contributed by atoms with van der Waals surface area (Å²) in [5, 5.41) is 4.08. The maximum Gasteiger partial charge on any atom is 0.254 e. The standard InChI is InChI=1S/C10H8N6/c11-9-14-10-13-5-3-8(16(10)15-9)7-2-1-4-12-6-7/h1-6H,(H2,11,15). The number of anilines is 1. The summed E-state index contributed by atoms with van der Waals surface area (Å²) in [5.41, 5.74) is 7.35. The van der Waals surface area contributed by atoms with Crippen molar-refractivity contribution >= 4 is 11.7 Å². The summed E-state index contributed by atoms with van der Waals surface area (Å²) in [6, 6.07) is 5.65. The molecule has 0 fully saturated rings. The lowest BCUT2D eigenvalue weighted by Crippen LogP contribution is -1.96. The topological polar surface area (TPSA) is 82.0 Å². The smallest absolute Gasteiger partial charge is 0.254 e. The van der Waals surface area contributed by atoms with E-state index >= 15 is 0 Å². The molecule has 0 aliphatic heterocycles. The molecule has 0 saturated carbocycles. The van der Waals surface area contributed by atoms with Crippen molar-refractivity contribution in [1.29, 1.82) is 0 Å². The first kappa shape index (κ1) is 8.78. The van der Waals surface area contributed by atoms with Gasteiger partial charge in [-0.25, -0.2) is 4.98 Å². The third kappa shape index (κ3) is 1.28. The highest BCUT2D eigenvalue weighted by molar-refractivity contribution is 5.60. The van der Waals surface area contributed by atoms with Crippen molar-refractivity contribution in [2.75, 3.05) is 5.73 Å². The van der Waals surface area contributed by atoms with Crippen LogP contribution >= 0.6 is 0 Å². The molecule has 0 bridgehead atoms. The van der Waals surface area contributed by atoms with Crippen molar-refractivity contribution in [3.05, 3.63) is 36.8 Å². The highest BCUT2D eigenvalue weighted by atomic mass is 15.4. The summed E-state index contributed by atoms with van der Waals surface area (Å²) in [5.74, 6) is 0.697. The van der Waals surface area contributed by atoms with E-state index in [0.717, 1.165) is 11.3 Å². The summed E-state index contributed by atoms with van der Waals surface area (Å²) >= 11 is 0. The Labute approximate surface area is 90.8 Å². The Hall–Kier alpha value is -2.50. The van der Waals surface area contributed by atoms with Gasteiger partial charge in [-0.15, -0.1) is 5.10 Å². The number of nitrogens with two attached hydrogens (primary N) is 1. The second-order valence-electron chi connectivity index (χ2n) is 3.25. The molecule has 78 valence electrons. The monoisotopic (exact) mass is 212 g/mol. The molecule has 2 N–H and O–H groups in total. The molecule has 6 nitrogen and oxygen atoms in total. The van der Waals surface area contributed by atoms with Gasteiger partial charge in [-0.2, -0.15) is 9.50 Å². The maximum atomic E-state index is 5.54. The van der Waals surface area contributed by atoms with Gasteiger partial charge in [0.25, 0.3) is 5.78 Å². The van der Waals surface area contributed by atoms with E-state index in [2.05, 4.69) is 20.1 Å². The first-order chi connectivity index (χ1) is 7.84. The number of pyridine rings is 1. The molecule has 0 amide bonds. The van der Waals surface area contributed by atoms with Gasteiger partial charge in [0.05, 0.1) is 5.69 Å². The van der Waals surface area contributed by atoms with E-state index in [1.165, 1.54) is 0 Å². The van der Waals surface area contributed by atoms with Crippen molar-refractivity contribution in [2.24, 2.45) is 0 Å². The number of aromatic nitrogens is 5. The molecule has 3 aromatic heterocycles. The fraction of sp³-hybridized carbons (Fsp3) is 0. The molecular weight excluding hydrogens is 204 g/mol. The fourth-order valence-corrected chi connectivity index (χ4v) is 1.54. The largest absolute Gasteiger partial charge is 0.366 e. The molecule has 3 rings (SSSR count). The van der Waals surface area contributed by atoms with E-state index in [0.29, 0.717) is 5.78 Å². The number of rotatable bonds is 1. The number of hydrogen-bond acceptors (Lipinski definition) is 5. The van der Waals surface area contributed by atoms with E-state index in [1.54, 1.807) is 23.1 Å². The minimum atomic E-state index is 0.212. The zero-order valence-electron chi connectivity index (χ0n) is 8.28. The van der Waals surface area contributed by atoms with Crippen molar-refractivity contribution in [3.63, 3.8) is 0 Å². The Morgan fingerprint density at radius 2 is 2.12 bits per heavy atom. The molecule has 0 atom stereocenters. The van der Waals surface area contributed by atoms with E-state index in [4.69, 9.17) is 5.73 Å². The number of nitrogens with zero attached hydrogens (tertiary/aromatic N) is 5.